The van der Waals surface area contributed by atoms with Gasteiger partial charge in [-0.15, -0.1) is 0 Å². The number of hydrogen-bond donors (Lipinski definition) is 1. The summed E-state index contributed by atoms with van der Waals surface area (Å²) in [6.45, 7) is 10.7. The summed E-state index contributed by atoms with van der Waals surface area (Å²) in [6.07, 6.45) is 1.59. The first-order chi connectivity index (χ1) is 11.9. The molecule has 0 aliphatic carbocycles. The average Bonchev–Trinajstić information content (AvgIpc) is 2.68. The van der Waals surface area contributed by atoms with Crippen LogP contribution in [0.1, 0.15) is 74.6 Å². The summed E-state index contributed by atoms with van der Waals surface area (Å²) in [5, 5.41) is 3.05. The van der Waals surface area contributed by atoms with Crippen molar-refractivity contribution in [2.75, 3.05) is 6.54 Å². The summed E-state index contributed by atoms with van der Waals surface area (Å²) in [4.78, 5) is 38.2. The molecule has 1 aliphatic rings. The van der Waals surface area contributed by atoms with Crippen LogP contribution in [0.2, 0.25) is 0 Å². The topological polar surface area (TPSA) is 66.5 Å². The van der Waals surface area contributed by atoms with Crippen molar-refractivity contribution in [3.05, 3.63) is 33.8 Å². The van der Waals surface area contributed by atoms with E-state index < -0.39 is 0 Å². The Kier molecular flexibility index (Phi) is 5.95. The lowest BCUT2D eigenvalue weighted by atomic mass is 9.82. The molecule has 1 heterocycles. The van der Waals surface area contributed by atoms with Gasteiger partial charge in [-0.05, 0) is 50.3 Å². The molecule has 3 amide bonds. The molecule has 1 aromatic rings. The number of imide groups is 1. The van der Waals surface area contributed by atoms with E-state index in [2.05, 4.69) is 42.0 Å². The van der Waals surface area contributed by atoms with Gasteiger partial charge < -0.3 is 5.32 Å². The second-order valence-electron chi connectivity index (χ2n) is 8.72. The van der Waals surface area contributed by atoms with E-state index in [1.54, 1.807) is 18.2 Å². The molecule has 0 fully saturated rings. The number of carbonyl (C=O) groups excluding carboxylic acids is 3. The smallest absolute Gasteiger partial charge is 0.261 e. The summed E-state index contributed by atoms with van der Waals surface area (Å²) >= 11 is 3.32. The number of carbonyl (C=O) groups is 3. The van der Waals surface area contributed by atoms with E-state index in [0.29, 0.717) is 17.5 Å². The Morgan fingerprint density at radius 1 is 1.08 bits per heavy atom. The number of benzene rings is 1. The van der Waals surface area contributed by atoms with Crippen molar-refractivity contribution in [2.24, 2.45) is 5.41 Å². The molecule has 6 heteroatoms. The van der Waals surface area contributed by atoms with E-state index in [4.69, 9.17) is 0 Å². The van der Waals surface area contributed by atoms with Crippen LogP contribution in [0, 0.1) is 5.41 Å². The predicted octanol–water partition coefficient (Wildman–Crippen LogP) is 4.16. The molecule has 26 heavy (non-hydrogen) atoms. The Morgan fingerprint density at radius 2 is 1.69 bits per heavy atom. The van der Waals surface area contributed by atoms with Gasteiger partial charge in [-0.25, -0.2) is 0 Å². The SMILES string of the molecule is CC(C)(C)CC(C)(C)NC(=O)CCCN1C(=O)c2ccc(Br)cc2C1=O. The van der Waals surface area contributed by atoms with Crippen molar-refractivity contribution in [3.63, 3.8) is 0 Å². The van der Waals surface area contributed by atoms with Crippen molar-refractivity contribution in [1.82, 2.24) is 10.2 Å². The molecule has 1 aliphatic heterocycles. The first-order valence-corrected chi connectivity index (χ1v) is 9.66. The third-order valence-corrected chi connectivity index (χ3v) is 4.66. The Morgan fingerprint density at radius 3 is 2.31 bits per heavy atom. The van der Waals surface area contributed by atoms with Crippen molar-refractivity contribution < 1.29 is 14.4 Å². The number of rotatable bonds is 6. The maximum Gasteiger partial charge on any atom is 0.261 e. The molecular weight excluding hydrogens is 396 g/mol. The first kappa shape index (κ1) is 20.6. The van der Waals surface area contributed by atoms with Crippen molar-refractivity contribution in [1.29, 1.82) is 0 Å². The van der Waals surface area contributed by atoms with Crippen LogP contribution in [0.25, 0.3) is 0 Å². The lowest BCUT2D eigenvalue weighted by molar-refractivity contribution is -0.123. The fourth-order valence-electron chi connectivity index (χ4n) is 3.67. The number of hydrogen-bond acceptors (Lipinski definition) is 3. The van der Waals surface area contributed by atoms with Gasteiger partial charge in [0.1, 0.15) is 0 Å². The Balaban J connectivity index is 1.88. The number of amides is 3. The van der Waals surface area contributed by atoms with E-state index in [9.17, 15) is 14.4 Å². The minimum Gasteiger partial charge on any atom is -0.351 e. The Labute approximate surface area is 163 Å². The van der Waals surface area contributed by atoms with Crippen LogP contribution < -0.4 is 5.32 Å². The van der Waals surface area contributed by atoms with Gasteiger partial charge in [0.15, 0.2) is 0 Å². The van der Waals surface area contributed by atoms with Crippen LogP contribution in [0.5, 0.6) is 0 Å². The van der Waals surface area contributed by atoms with Crippen LogP contribution in [0.3, 0.4) is 0 Å². The molecule has 0 unspecified atom stereocenters. The van der Waals surface area contributed by atoms with Crippen LogP contribution in [0.4, 0.5) is 0 Å². The minimum atomic E-state index is -0.295. The zero-order valence-electron chi connectivity index (χ0n) is 16.1. The lowest BCUT2D eigenvalue weighted by Crippen LogP contribution is -2.46. The Bertz CT molecular complexity index is 735. The first-order valence-electron chi connectivity index (χ1n) is 8.86. The van der Waals surface area contributed by atoms with Crippen LogP contribution in [-0.2, 0) is 4.79 Å². The molecule has 1 N–H and O–H groups in total. The molecule has 0 bridgehead atoms. The summed E-state index contributed by atoms with van der Waals surface area (Å²) < 4.78 is 0.764. The largest absolute Gasteiger partial charge is 0.351 e. The zero-order chi connectivity index (χ0) is 19.7. The summed E-state index contributed by atoms with van der Waals surface area (Å²) in [5.74, 6) is -0.635. The van der Waals surface area contributed by atoms with Crippen molar-refractivity contribution >= 4 is 33.7 Å². The molecule has 1 aromatic carbocycles. The van der Waals surface area contributed by atoms with Gasteiger partial charge in [0, 0.05) is 23.0 Å². The number of halogens is 1. The van der Waals surface area contributed by atoms with Gasteiger partial charge >= 0.3 is 0 Å². The predicted molar refractivity (Wildman–Crippen MR) is 105 cm³/mol. The Hall–Kier alpha value is -1.69. The molecule has 0 saturated heterocycles. The standard InChI is InChI=1S/C20H27BrN2O3/c1-19(2,3)12-20(4,5)22-16(24)7-6-10-23-17(25)14-9-8-13(21)11-15(14)18(23)26/h8-9,11H,6-7,10,12H2,1-5H3,(H,22,24). The maximum atomic E-state index is 12.4. The third-order valence-electron chi connectivity index (χ3n) is 4.17. The van der Waals surface area contributed by atoms with Crippen LogP contribution >= 0.6 is 15.9 Å². The lowest BCUT2D eigenvalue weighted by Gasteiger charge is -2.33. The molecule has 0 atom stereocenters. The highest BCUT2D eigenvalue weighted by Crippen LogP contribution is 2.28. The highest BCUT2D eigenvalue weighted by molar-refractivity contribution is 9.10. The van der Waals surface area contributed by atoms with Crippen molar-refractivity contribution in [2.45, 2.75) is 59.4 Å². The van der Waals surface area contributed by atoms with E-state index in [1.165, 1.54) is 4.90 Å². The molecular formula is C20H27BrN2O3. The van der Waals surface area contributed by atoms with E-state index in [0.717, 1.165) is 10.9 Å². The second kappa shape index (κ2) is 7.51. The fourth-order valence-corrected chi connectivity index (χ4v) is 4.03. The van der Waals surface area contributed by atoms with Gasteiger partial charge in [0.05, 0.1) is 11.1 Å². The average molecular weight is 423 g/mol. The fraction of sp³-hybridized carbons (Fsp3) is 0.550. The molecule has 0 saturated carbocycles. The van der Waals surface area contributed by atoms with E-state index in [1.807, 2.05) is 13.8 Å². The van der Waals surface area contributed by atoms with E-state index in [-0.39, 0.29) is 41.6 Å². The van der Waals surface area contributed by atoms with Gasteiger partial charge in [-0.2, -0.15) is 0 Å². The van der Waals surface area contributed by atoms with Gasteiger partial charge in [0.25, 0.3) is 11.8 Å². The number of fused-ring (bicyclic) bond motifs is 1. The van der Waals surface area contributed by atoms with Gasteiger partial charge in [-0.3, -0.25) is 19.3 Å². The molecule has 142 valence electrons. The third kappa shape index (κ3) is 5.16. The molecule has 0 radical (unpaired) electrons. The molecule has 0 aromatic heterocycles. The zero-order valence-corrected chi connectivity index (χ0v) is 17.7. The molecule has 5 nitrogen and oxygen atoms in total. The quantitative estimate of drug-likeness (QED) is 0.699. The molecule has 2 rings (SSSR count). The normalized spacial score (nSPS) is 14.6. The van der Waals surface area contributed by atoms with E-state index >= 15 is 0 Å². The van der Waals surface area contributed by atoms with Crippen LogP contribution in [0.15, 0.2) is 22.7 Å². The highest BCUT2D eigenvalue weighted by Gasteiger charge is 2.35. The monoisotopic (exact) mass is 422 g/mol. The van der Waals surface area contributed by atoms with Crippen LogP contribution in [-0.4, -0.2) is 34.7 Å². The highest BCUT2D eigenvalue weighted by atomic mass is 79.9. The number of nitrogens with one attached hydrogen (secondary N) is 1. The number of nitrogens with zero attached hydrogens (tertiary/aromatic N) is 1. The van der Waals surface area contributed by atoms with Gasteiger partial charge in [0.2, 0.25) is 5.91 Å². The summed E-state index contributed by atoms with van der Waals surface area (Å²) in [7, 11) is 0. The maximum absolute atomic E-state index is 12.4. The molecule has 0 spiro atoms. The minimum absolute atomic E-state index is 0.0568. The summed E-state index contributed by atoms with van der Waals surface area (Å²) in [6, 6.07) is 5.07. The second-order valence-corrected chi connectivity index (χ2v) is 9.64. The van der Waals surface area contributed by atoms with Gasteiger partial charge in [-0.1, -0.05) is 36.7 Å². The summed E-state index contributed by atoms with van der Waals surface area (Å²) in [5.41, 5.74) is 0.664. The van der Waals surface area contributed by atoms with Crippen molar-refractivity contribution in [3.8, 4) is 0 Å².